The van der Waals surface area contributed by atoms with E-state index < -0.39 is 6.03 Å². The van der Waals surface area contributed by atoms with E-state index in [2.05, 4.69) is 5.32 Å². The van der Waals surface area contributed by atoms with E-state index in [0.717, 1.165) is 11.3 Å². The maximum absolute atomic E-state index is 10.9. The fraction of sp³-hybridized carbons (Fsp3) is 0.300. The molecule has 0 saturated carbocycles. The van der Waals surface area contributed by atoms with Crippen molar-refractivity contribution in [2.24, 2.45) is 5.84 Å². The van der Waals surface area contributed by atoms with Gasteiger partial charge in [-0.25, -0.2) is 10.6 Å². The van der Waals surface area contributed by atoms with E-state index in [0.29, 0.717) is 12.3 Å². The van der Waals surface area contributed by atoms with E-state index in [1.165, 1.54) is 0 Å². The molecule has 5 nitrogen and oxygen atoms in total. The number of hydrogen-bond donors (Lipinski definition) is 3. The Balaban J connectivity index is 2.77. The SMILES string of the molecule is CCOc1ccc(NC(=O)NN)cc1C. The number of amides is 2. The third-order valence-corrected chi connectivity index (χ3v) is 1.86. The molecule has 0 aliphatic carbocycles. The molecule has 0 saturated heterocycles. The van der Waals surface area contributed by atoms with Gasteiger partial charge in [0.15, 0.2) is 0 Å². The van der Waals surface area contributed by atoms with E-state index in [-0.39, 0.29) is 0 Å². The average Bonchev–Trinajstić information content (AvgIpc) is 2.22. The number of carbonyl (C=O) groups is 1. The number of hydrazine groups is 1. The van der Waals surface area contributed by atoms with Crippen molar-refractivity contribution in [2.45, 2.75) is 13.8 Å². The van der Waals surface area contributed by atoms with Gasteiger partial charge in [-0.3, -0.25) is 5.43 Å². The number of aryl methyl sites for hydroxylation is 1. The molecule has 0 fully saturated rings. The van der Waals surface area contributed by atoms with E-state index in [1.807, 2.05) is 31.4 Å². The maximum Gasteiger partial charge on any atom is 0.333 e. The largest absolute Gasteiger partial charge is 0.494 e. The first kappa shape index (κ1) is 11.3. The molecule has 0 heterocycles. The average molecular weight is 209 g/mol. The minimum atomic E-state index is -0.446. The van der Waals surface area contributed by atoms with Crippen LogP contribution in [0.2, 0.25) is 0 Å². The lowest BCUT2D eigenvalue weighted by atomic mass is 10.2. The molecule has 0 radical (unpaired) electrons. The summed E-state index contributed by atoms with van der Waals surface area (Å²) in [5.74, 6) is 5.76. The second-order valence-electron chi connectivity index (χ2n) is 3.01. The van der Waals surface area contributed by atoms with Crippen molar-refractivity contribution in [1.82, 2.24) is 5.43 Å². The summed E-state index contributed by atoms with van der Waals surface area (Å²) in [5, 5.41) is 2.57. The monoisotopic (exact) mass is 209 g/mol. The maximum atomic E-state index is 10.9. The van der Waals surface area contributed by atoms with Gasteiger partial charge in [-0.05, 0) is 37.6 Å². The molecule has 82 valence electrons. The minimum Gasteiger partial charge on any atom is -0.494 e. The smallest absolute Gasteiger partial charge is 0.333 e. The number of benzene rings is 1. The molecule has 0 aliphatic heterocycles. The molecule has 2 amide bonds. The number of hydrogen-bond acceptors (Lipinski definition) is 3. The Morgan fingerprint density at radius 3 is 2.80 bits per heavy atom. The van der Waals surface area contributed by atoms with Gasteiger partial charge in [0.25, 0.3) is 0 Å². The highest BCUT2D eigenvalue weighted by Crippen LogP contribution is 2.21. The second-order valence-corrected chi connectivity index (χ2v) is 3.01. The Morgan fingerprint density at radius 2 is 2.27 bits per heavy atom. The van der Waals surface area contributed by atoms with Crippen molar-refractivity contribution in [2.75, 3.05) is 11.9 Å². The molecule has 1 aromatic carbocycles. The molecule has 0 atom stereocenters. The van der Waals surface area contributed by atoms with Crippen molar-refractivity contribution in [3.8, 4) is 5.75 Å². The molecule has 1 aromatic rings. The number of anilines is 1. The fourth-order valence-corrected chi connectivity index (χ4v) is 1.21. The number of nitrogens with one attached hydrogen (secondary N) is 2. The first-order valence-corrected chi connectivity index (χ1v) is 4.68. The first-order chi connectivity index (χ1) is 7.17. The minimum absolute atomic E-state index is 0.446. The molecule has 0 spiro atoms. The van der Waals surface area contributed by atoms with Gasteiger partial charge < -0.3 is 10.1 Å². The Kier molecular flexibility index (Phi) is 3.93. The lowest BCUT2D eigenvalue weighted by molar-refractivity contribution is 0.252. The lowest BCUT2D eigenvalue weighted by Gasteiger charge is -2.09. The van der Waals surface area contributed by atoms with Crippen LogP contribution in [0, 0.1) is 6.92 Å². The van der Waals surface area contributed by atoms with Crippen LogP contribution in [0.3, 0.4) is 0 Å². The quantitative estimate of drug-likeness (QED) is 0.400. The summed E-state index contributed by atoms with van der Waals surface area (Å²) in [7, 11) is 0. The highest BCUT2D eigenvalue weighted by molar-refractivity contribution is 5.88. The van der Waals surface area contributed by atoms with Crippen molar-refractivity contribution in [3.05, 3.63) is 23.8 Å². The molecule has 0 unspecified atom stereocenters. The van der Waals surface area contributed by atoms with Crippen molar-refractivity contribution >= 4 is 11.7 Å². The third kappa shape index (κ3) is 3.14. The van der Waals surface area contributed by atoms with Crippen LogP contribution in [0.1, 0.15) is 12.5 Å². The number of rotatable bonds is 3. The van der Waals surface area contributed by atoms with Crippen LogP contribution in [0.15, 0.2) is 18.2 Å². The van der Waals surface area contributed by atoms with Crippen molar-refractivity contribution in [1.29, 1.82) is 0 Å². The topological polar surface area (TPSA) is 76.4 Å². The van der Waals surface area contributed by atoms with Gasteiger partial charge in [-0.2, -0.15) is 0 Å². The summed E-state index contributed by atoms with van der Waals surface area (Å²) >= 11 is 0. The molecular formula is C10H15N3O2. The van der Waals surface area contributed by atoms with Crippen LogP contribution < -0.4 is 21.3 Å². The van der Waals surface area contributed by atoms with Crippen LogP contribution >= 0.6 is 0 Å². The second kappa shape index (κ2) is 5.21. The van der Waals surface area contributed by atoms with Gasteiger partial charge in [0, 0.05) is 5.69 Å². The number of nitrogens with two attached hydrogens (primary N) is 1. The van der Waals surface area contributed by atoms with Gasteiger partial charge in [0.05, 0.1) is 6.61 Å². The molecular weight excluding hydrogens is 194 g/mol. The Bertz CT molecular complexity index is 353. The molecule has 4 N–H and O–H groups in total. The van der Waals surface area contributed by atoms with E-state index in [1.54, 1.807) is 6.07 Å². The summed E-state index contributed by atoms with van der Waals surface area (Å²) in [6.45, 7) is 4.46. The molecule has 0 bridgehead atoms. The van der Waals surface area contributed by atoms with Gasteiger partial charge in [0.2, 0.25) is 0 Å². The van der Waals surface area contributed by atoms with Gasteiger partial charge >= 0.3 is 6.03 Å². The predicted molar refractivity (Wildman–Crippen MR) is 58.7 cm³/mol. The highest BCUT2D eigenvalue weighted by Gasteiger charge is 2.02. The summed E-state index contributed by atoms with van der Waals surface area (Å²) in [6.07, 6.45) is 0. The van der Waals surface area contributed by atoms with Crippen LogP contribution in [-0.2, 0) is 0 Å². The number of urea groups is 1. The lowest BCUT2D eigenvalue weighted by Crippen LogP contribution is -2.34. The molecule has 5 heteroatoms. The van der Waals surface area contributed by atoms with Crippen LogP contribution in [0.25, 0.3) is 0 Å². The highest BCUT2D eigenvalue weighted by atomic mass is 16.5. The Labute approximate surface area is 88.6 Å². The molecule has 0 aromatic heterocycles. The van der Waals surface area contributed by atoms with Crippen molar-refractivity contribution in [3.63, 3.8) is 0 Å². The first-order valence-electron chi connectivity index (χ1n) is 4.68. The van der Waals surface area contributed by atoms with E-state index in [4.69, 9.17) is 10.6 Å². The zero-order valence-corrected chi connectivity index (χ0v) is 8.83. The third-order valence-electron chi connectivity index (χ3n) is 1.86. The number of ether oxygens (including phenoxy) is 1. The van der Waals surface area contributed by atoms with Crippen LogP contribution in [-0.4, -0.2) is 12.6 Å². The fourth-order valence-electron chi connectivity index (χ4n) is 1.21. The van der Waals surface area contributed by atoms with Gasteiger partial charge in [0.1, 0.15) is 5.75 Å². The summed E-state index contributed by atoms with van der Waals surface area (Å²) in [5.41, 5.74) is 3.64. The zero-order valence-electron chi connectivity index (χ0n) is 8.83. The summed E-state index contributed by atoms with van der Waals surface area (Å²) in [6, 6.07) is 4.94. The van der Waals surface area contributed by atoms with E-state index >= 15 is 0 Å². The molecule has 1 rings (SSSR count). The normalized spacial score (nSPS) is 9.53. The number of carbonyl (C=O) groups excluding carboxylic acids is 1. The van der Waals surface area contributed by atoms with Crippen molar-refractivity contribution < 1.29 is 9.53 Å². The summed E-state index contributed by atoms with van der Waals surface area (Å²) in [4.78, 5) is 10.9. The van der Waals surface area contributed by atoms with Crippen LogP contribution in [0.4, 0.5) is 10.5 Å². The predicted octanol–water partition coefficient (Wildman–Crippen LogP) is 1.39. The standard InChI is InChI=1S/C10H15N3O2/c1-3-15-9-5-4-8(6-7(9)2)12-10(14)13-11/h4-6H,3,11H2,1-2H3,(H2,12,13,14). The zero-order chi connectivity index (χ0) is 11.3. The Hall–Kier alpha value is -1.75. The molecule has 0 aliphatic rings. The van der Waals surface area contributed by atoms with Crippen LogP contribution in [0.5, 0.6) is 5.75 Å². The van der Waals surface area contributed by atoms with Gasteiger partial charge in [-0.1, -0.05) is 0 Å². The molecule has 15 heavy (non-hydrogen) atoms. The Morgan fingerprint density at radius 1 is 1.53 bits per heavy atom. The van der Waals surface area contributed by atoms with E-state index in [9.17, 15) is 4.79 Å². The van der Waals surface area contributed by atoms with Gasteiger partial charge in [-0.15, -0.1) is 0 Å². The summed E-state index contributed by atoms with van der Waals surface area (Å²) < 4.78 is 5.37.